The number of hydrogen-bond donors (Lipinski definition) is 3. The predicted molar refractivity (Wildman–Crippen MR) is 81.4 cm³/mol. The summed E-state index contributed by atoms with van der Waals surface area (Å²) in [4.78, 5) is 16.0. The number of nitrogens with zero attached hydrogens (tertiary/aromatic N) is 1. The maximum absolute atomic E-state index is 11.6. The Morgan fingerprint density at radius 1 is 1.21 bits per heavy atom. The van der Waals surface area contributed by atoms with E-state index in [9.17, 15) is 4.79 Å². The van der Waals surface area contributed by atoms with Crippen molar-refractivity contribution in [3.63, 3.8) is 0 Å². The number of rotatable bonds is 9. The lowest BCUT2D eigenvalue weighted by atomic mass is 10.2. The zero-order valence-electron chi connectivity index (χ0n) is 12.9. The molecule has 0 spiro atoms. The SMILES string of the molecule is CCCCN=C(NCC)NCCC(=O)NC(C)CC. The summed E-state index contributed by atoms with van der Waals surface area (Å²) in [6, 6.07) is 0.249. The Morgan fingerprint density at radius 3 is 2.53 bits per heavy atom. The van der Waals surface area contributed by atoms with Crippen molar-refractivity contribution in [2.45, 2.75) is 59.4 Å². The number of hydrogen-bond acceptors (Lipinski definition) is 2. The van der Waals surface area contributed by atoms with Gasteiger partial charge in [-0.15, -0.1) is 0 Å². The Bertz CT molecular complexity index is 266. The van der Waals surface area contributed by atoms with E-state index in [1.54, 1.807) is 0 Å². The van der Waals surface area contributed by atoms with Gasteiger partial charge in [0.2, 0.25) is 5.91 Å². The molecular weight excluding hydrogens is 240 g/mol. The van der Waals surface area contributed by atoms with E-state index in [1.165, 1.54) is 0 Å². The van der Waals surface area contributed by atoms with Gasteiger partial charge < -0.3 is 16.0 Å². The number of amides is 1. The van der Waals surface area contributed by atoms with Gasteiger partial charge in [0.25, 0.3) is 0 Å². The van der Waals surface area contributed by atoms with Crippen molar-refractivity contribution in [1.29, 1.82) is 0 Å². The van der Waals surface area contributed by atoms with E-state index in [1.807, 2.05) is 13.8 Å². The lowest BCUT2D eigenvalue weighted by molar-refractivity contribution is -0.121. The topological polar surface area (TPSA) is 65.5 Å². The van der Waals surface area contributed by atoms with Crippen LogP contribution in [0.2, 0.25) is 0 Å². The second-order valence-electron chi connectivity index (χ2n) is 4.67. The van der Waals surface area contributed by atoms with Crippen molar-refractivity contribution in [3.05, 3.63) is 0 Å². The number of unbranched alkanes of at least 4 members (excludes halogenated alkanes) is 1. The molecule has 0 aromatic carbocycles. The smallest absolute Gasteiger partial charge is 0.221 e. The van der Waals surface area contributed by atoms with Crippen LogP contribution in [0, 0.1) is 0 Å². The van der Waals surface area contributed by atoms with Gasteiger partial charge in [-0.1, -0.05) is 20.3 Å². The number of guanidine groups is 1. The first-order valence-corrected chi connectivity index (χ1v) is 7.45. The van der Waals surface area contributed by atoms with Gasteiger partial charge in [-0.3, -0.25) is 9.79 Å². The molecule has 1 unspecified atom stereocenters. The third-order valence-corrected chi connectivity index (χ3v) is 2.79. The Kier molecular flexibility index (Phi) is 11.0. The van der Waals surface area contributed by atoms with Crippen molar-refractivity contribution in [1.82, 2.24) is 16.0 Å². The molecule has 0 heterocycles. The third-order valence-electron chi connectivity index (χ3n) is 2.79. The highest BCUT2D eigenvalue weighted by Crippen LogP contribution is 1.90. The number of carbonyl (C=O) groups excluding carboxylic acids is 1. The van der Waals surface area contributed by atoms with Crippen LogP contribution in [0.15, 0.2) is 4.99 Å². The van der Waals surface area contributed by atoms with Crippen molar-refractivity contribution in [2.24, 2.45) is 4.99 Å². The van der Waals surface area contributed by atoms with Crippen molar-refractivity contribution < 1.29 is 4.79 Å². The van der Waals surface area contributed by atoms with Gasteiger partial charge in [0.05, 0.1) is 0 Å². The summed E-state index contributed by atoms with van der Waals surface area (Å²) in [6.07, 6.45) is 3.66. The number of nitrogens with one attached hydrogen (secondary N) is 3. The minimum absolute atomic E-state index is 0.0891. The summed E-state index contributed by atoms with van der Waals surface area (Å²) in [5.74, 6) is 0.888. The van der Waals surface area contributed by atoms with Crippen molar-refractivity contribution in [3.8, 4) is 0 Å². The average Bonchev–Trinajstić information content (AvgIpc) is 2.38. The first kappa shape index (κ1) is 17.7. The van der Waals surface area contributed by atoms with Crippen LogP contribution in [0.25, 0.3) is 0 Å². The quantitative estimate of drug-likeness (QED) is 0.339. The zero-order valence-corrected chi connectivity index (χ0v) is 12.9. The summed E-state index contributed by atoms with van der Waals surface area (Å²) in [6.45, 7) is 10.5. The molecule has 0 saturated carbocycles. The molecule has 112 valence electrons. The van der Waals surface area contributed by atoms with Gasteiger partial charge >= 0.3 is 0 Å². The maximum atomic E-state index is 11.6. The molecule has 0 aliphatic heterocycles. The van der Waals surface area contributed by atoms with Crippen LogP contribution < -0.4 is 16.0 Å². The zero-order chi connectivity index (χ0) is 14.5. The van der Waals surface area contributed by atoms with E-state index in [4.69, 9.17) is 0 Å². The van der Waals surface area contributed by atoms with Gasteiger partial charge in [-0.05, 0) is 26.7 Å². The molecule has 0 fully saturated rings. The number of aliphatic imine (C=N–C) groups is 1. The third kappa shape index (κ3) is 10.4. The molecule has 0 saturated heterocycles. The van der Waals surface area contributed by atoms with Crippen LogP contribution in [0.5, 0.6) is 0 Å². The van der Waals surface area contributed by atoms with Crippen LogP contribution in [0.4, 0.5) is 0 Å². The second-order valence-corrected chi connectivity index (χ2v) is 4.67. The fourth-order valence-corrected chi connectivity index (χ4v) is 1.43. The van der Waals surface area contributed by atoms with E-state index in [2.05, 4.69) is 34.8 Å². The summed E-state index contributed by atoms with van der Waals surface area (Å²) < 4.78 is 0. The lowest BCUT2D eigenvalue weighted by Gasteiger charge is -2.13. The molecule has 0 radical (unpaired) electrons. The van der Waals surface area contributed by atoms with Crippen LogP contribution in [-0.4, -0.2) is 37.5 Å². The molecule has 0 rings (SSSR count). The van der Waals surface area contributed by atoms with Crippen LogP contribution in [0.3, 0.4) is 0 Å². The van der Waals surface area contributed by atoms with Crippen molar-refractivity contribution in [2.75, 3.05) is 19.6 Å². The van der Waals surface area contributed by atoms with Crippen molar-refractivity contribution >= 4 is 11.9 Å². The lowest BCUT2D eigenvalue weighted by Crippen LogP contribution is -2.40. The van der Waals surface area contributed by atoms with Crippen LogP contribution >= 0.6 is 0 Å². The maximum Gasteiger partial charge on any atom is 0.221 e. The monoisotopic (exact) mass is 270 g/mol. The molecule has 0 aromatic heterocycles. The van der Waals surface area contributed by atoms with Gasteiger partial charge in [0.15, 0.2) is 5.96 Å². The second kappa shape index (κ2) is 11.8. The molecule has 5 nitrogen and oxygen atoms in total. The van der Waals surface area contributed by atoms with Crippen LogP contribution in [0.1, 0.15) is 53.4 Å². The largest absolute Gasteiger partial charge is 0.357 e. The summed E-state index contributed by atoms with van der Waals surface area (Å²) in [7, 11) is 0. The molecular formula is C14H30N4O. The first-order chi connectivity index (χ1) is 9.13. The predicted octanol–water partition coefficient (Wildman–Crippen LogP) is 1.65. The van der Waals surface area contributed by atoms with E-state index >= 15 is 0 Å². The Labute approximate surface area is 117 Å². The molecule has 0 bridgehead atoms. The van der Waals surface area contributed by atoms with Gasteiger partial charge in [0.1, 0.15) is 0 Å². The molecule has 5 heteroatoms. The Balaban J connectivity index is 3.91. The minimum atomic E-state index is 0.0891. The number of carbonyl (C=O) groups is 1. The Hall–Kier alpha value is -1.26. The fraction of sp³-hybridized carbons (Fsp3) is 0.857. The Morgan fingerprint density at radius 2 is 1.95 bits per heavy atom. The van der Waals surface area contributed by atoms with Gasteiger partial charge in [-0.25, -0.2) is 0 Å². The van der Waals surface area contributed by atoms with Crippen LogP contribution in [-0.2, 0) is 4.79 Å². The van der Waals surface area contributed by atoms with E-state index in [-0.39, 0.29) is 11.9 Å². The normalized spacial score (nSPS) is 12.9. The molecule has 19 heavy (non-hydrogen) atoms. The molecule has 1 amide bonds. The average molecular weight is 270 g/mol. The summed E-state index contributed by atoms with van der Waals surface area (Å²) in [5.41, 5.74) is 0. The highest BCUT2D eigenvalue weighted by Gasteiger charge is 2.05. The highest BCUT2D eigenvalue weighted by molar-refractivity contribution is 5.81. The molecule has 0 aliphatic rings. The van der Waals surface area contributed by atoms with Gasteiger partial charge in [-0.2, -0.15) is 0 Å². The van der Waals surface area contributed by atoms with Gasteiger partial charge in [0, 0.05) is 32.1 Å². The first-order valence-electron chi connectivity index (χ1n) is 7.45. The minimum Gasteiger partial charge on any atom is -0.357 e. The molecule has 1 atom stereocenters. The molecule has 3 N–H and O–H groups in total. The molecule has 0 aromatic rings. The standard InChI is InChI=1S/C14H30N4O/c1-5-8-10-16-14(15-7-3)17-11-9-13(19)18-12(4)6-2/h12H,5-11H2,1-4H3,(H,18,19)(H2,15,16,17). The van der Waals surface area contributed by atoms with E-state index < -0.39 is 0 Å². The summed E-state index contributed by atoms with van der Waals surface area (Å²) >= 11 is 0. The van der Waals surface area contributed by atoms with E-state index in [0.29, 0.717) is 13.0 Å². The molecule has 0 aliphatic carbocycles. The van der Waals surface area contributed by atoms with E-state index in [0.717, 1.165) is 38.3 Å². The summed E-state index contributed by atoms with van der Waals surface area (Å²) in [5, 5.41) is 9.30. The highest BCUT2D eigenvalue weighted by atomic mass is 16.1. The fourth-order valence-electron chi connectivity index (χ4n) is 1.43.